The molecule has 4 rings (SSSR count). The molecule has 7 heteroatoms. The molecule has 2 heterocycles. The van der Waals surface area contributed by atoms with Crippen LogP contribution in [0.4, 0.5) is 4.39 Å². The third-order valence-electron chi connectivity index (χ3n) is 6.42. The van der Waals surface area contributed by atoms with Crippen molar-refractivity contribution in [1.82, 2.24) is 9.91 Å². The van der Waals surface area contributed by atoms with Crippen LogP contribution in [0.15, 0.2) is 47.6 Å². The standard InChI is InChI=1S/C25H30FN3O3/c1-17-6-4-5-13-28(17)16-25(30)29-23(18-7-9-19(26)10-8-18)15-22(27-29)21-12-11-20(31-2)14-24(21)32-3/h7-12,14,17,23H,4-6,13,15-16H2,1-3H3. The lowest BCUT2D eigenvalue weighted by Crippen LogP contribution is -2.44. The number of nitrogens with zero attached hydrogens (tertiary/aromatic N) is 3. The van der Waals surface area contributed by atoms with Gasteiger partial charge in [0, 0.05) is 24.1 Å². The molecule has 0 N–H and O–H groups in total. The highest BCUT2D eigenvalue weighted by Crippen LogP contribution is 2.36. The molecule has 0 saturated carbocycles. The monoisotopic (exact) mass is 439 g/mol. The average molecular weight is 440 g/mol. The lowest BCUT2D eigenvalue weighted by molar-refractivity contribution is -0.135. The van der Waals surface area contributed by atoms with Crippen LogP contribution in [-0.4, -0.2) is 54.9 Å². The Hall–Kier alpha value is -2.93. The van der Waals surface area contributed by atoms with Crippen LogP contribution < -0.4 is 9.47 Å². The number of carbonyl (C=O) groups excluding carboxylic acids is 1. The molecular formula is C25H30FN3O3. The van der Waals surface area contributed by atoms with E-state index in [1.165, 1.54) is 18.6 Å². The van der Waals surface area contributed by atoms with Gasteiger partial charge in [-0.1, -0.05) is 18.6 Å². The van der Waals surface area contributed by atoms with E-state index in [-0.39, 0.29) is 17.8 Å². The Morgan fingerprint density at radius 3 is 2.59 bits per heavy atom. The van der Waals surface area contributed by atoms with Gasteiger partial charge in [0.1, 0.15) is 17.3 Å². The van der Waals surface area contributed by atoms with Gasteiger partial charge in [-0.25, -0.2) is 9.40 Å². The van der Waals surface area contributed by atoms with Crippen molar-refractivity contribution in [3.05, 3.63) is 59.4 Å². The number of hydrogen-bond donors (Lipinski definition) is 0. The Morgan fingerprint density at radius 2 is 1.91 bits per heavy atom. The number of carbonyl (C=O) groups is 1. The van der Waals surface area contributed by atoms with Crippen LogP contribution in [0.3, 0.4) is 0 Å². The van der Waals surface area contributed by atoms with Gasteiger partial charge in [-0.2, -0.15) is 5.10 Å². The van der Waals surface area contributed by atoms with Crippen molar-refractivity contribution in [3.8, 4) is 11.5 Å². The molecule has 32 heavy (non-hydrogen) atoms. The van der Waals surface area contributed by atoms with Crippen molar-refractivity contribution in [1.29, 1.82) is 0 Å². The van der Waals surface area contributed by atoms with Gasteiger partial charge in [0.2, 0.25) is 0 Å². The van der Waals surface area contributed by atoms with Crippen LogP contribution in [0.25, 0.3) is 0 Å². The summed E-state index contributed by atoms with van der Waals surface area (Å²) in [6, 6.07) is 12.0. The maximum Gasteiger partial charge on any atom is 0.257 e. The minimum atomic E-state index is -0.301. The highest BCUT2D eigenvalue weighted by Gasteiger charge is 2.35. The Bertz CT molecular complexity index is 992. The Balaban J connectivity index is 1.65. The van der Waals surface area contributed by atoms with Crippen molar-refractivity contribution in [2.24, 2.45) is 5.10 Å². The second kappa shape index (κ2) is 9.69. The molecule has 0 aliphatic carbocycles. The maximum atomic E-state index is 13.5. The van der Waals surface area contributed by atoms with Gasteiger partial charge >= 0.3 is 0 Å². The van der Waals surface area contributed by atoms with Crippen LogP contribution in [0.2, 0.25) is 0 Å². The minimum absolute atomic E-state index is 0.0458. The second-order valence-corrected chi connectivity index (χ2v) is 8.44. The van der Waals surface area contributed by atoms with E-state index in [1.807, 2.05) is 18.2 Å². The Labute approximate surface area is 188 Å². The van der Waals surface area contributed by atoms with Gasteiger partial charge in [-0.05, 0) is 56.1 Å². The molecule has 1 amide bonds. The van der Waals surface area contributed by atoms with E-state index in [9.17, 15) is 9.18 Å². The van der Waals surface area contributed by atoms with Crippen LogP contribution >= 0.6 is 0 Å². The zero-order chi connectivity index (χ0) is 22.7. The number of halogens is 1. The fourth-order valence-corrected chi connectivity index (χ4v) is 4.52. The van der Waals surface area contributed by atoms with Crippen LogP contribution in [-0.2, 0) is 4.79 Å². The number of hydrazone groups is 1. The number of methoxy groups -OCH3 is 2. The number of piperidine rings is 1. The summed E-state index contributed by atoms with van der Waals surface area (Å²) in [7, 11) is 3.21. The molecule has 2 unspecified atom stereocenters. The summed E-state index contributed by atoms with van der Waals surface area (Å²) in [5.74, 6) is 0.978. The summed E-state index contributed by atoms with van der Waals surface area (Å²) in [6.45, 7) is 3.42. The van der Waals surface area contributed by atoms with Crippen molar-refractivity contribution in [3.63, 3.8) is 0 Å². The van der Waals surface area contributed by atoms with Crippen molar-refractivity contribution in [2.75, 3.05) is 27.3 Å². The summed E-state index contributed by atoms with van der Waals surface area (Å²) in [6.07, 6.45) is 3.94. The zero-order valence-corrected chi connectivity index (χ0v) is 18.9. The van der Waals surface area contributed by atoms with E-state index in [0.717, 1.165) is 36.2 Å². The van der Waals surface area contributed by atoms with Crippen LogP contribution in [0.1, 0.15) is 49.8 Å². The molecule has 2 aliphatic heterocycles. The van der Waals surface area contributed by atoms with Crippen molar-refractivity contribution < 1.29 is 18.7 Å². The smallest absolute Gasteiger partial charge is 0.257 e. The molecular weight excluding hydrogens is 409 g/mol. The highest BCUT2D eigenvalue weighted by molar-refractivity contribution is 6.05. The number of amides is 1. The quantitative estimate of drug-likeness (QED) is 0.670. The second-order valence-electron chi connectivity index (χ2n) is 8.44. The van der Waals surface area contributed by atoms with Crippen LogP contribution in [0, 0.1) is 5.82 Å². The largest absolute Gasteiger partial charge is 0.497 e. The summed E-state index contributed by atoms with van der Waals surface area (Å²) in [4.78, 5) is 15.6. The molecule has 170 valence electrons. The fraction of sp³-hybridized carbons (Fsp3) is 0.440. The van der Waals surface area contributed by atoms with E-state index < -0.39 is 0 Å². The predicted molar refractivity (Wildman–Crippen MR) is 122 cm³/mol. The first-order valence-corrected chi connectivity index (χ1v) is 11.1. The van der Waals surface area contributed by atoms with Gasteiger partial charge in [0.15, 0.2) is 0 Å². The van der Waals surface area contributed by atoms with Crippen molar-refractivity contribution >= 4 is 11.6 Å². The number of rotatable bonds is 6. The average Bonchev–Trinajstić information content (AvgIpc) is 3.26. The minimum Gasteiger partial charge on any atom is -0.497 e. The van der Waals surface area contributed by atoms with E-state index in [0.29, 0.717) is 30.5 Å². The molecule has 2 aromatic carbocycles. The number of ether oxygens (including phenoxy) is 2. The van der Waals surface area contributed by atoms with E-state index in [2.05, 4.69) is 11.8 Å². The van der Waals surface area contributed by atoms with Gasteiger partial charge < -0.3 is 9.47 Å². The van der Waals surface area contributed by atoms with Crippen molar-refractivity contribution in [2.45, 2.75) is 44.7 Å². The van der Waals surface area contributed by atoms with E-state index in [1.54, 1.807) is 31.4 Å². The molecule has 2 aliphatic rings. The normalized spacial score (nSPS) is 21.4. The number of likely N-dealkylation sites (tertiary alicyclic amines) is 1. The first-order chi connectivity index (χ1) is 15.5. The maximum absolute atomic E-state index is 13.5. The summed E-state index contributed by atoms with van der Waals surface area (Å²) < 4.78 is 24.4. The third kappa shape index (κ3) is 4.63. The summed E-state index contributed by atoms with van der Waals surface area (Å²) in [5, 5.41) is 6.33. The lowest BCUT2D eigenvalue weighted by Gasteiger charge is -2.34. The molecule has 1 fully saturated rings. The lowest BCUT2D eigenvalue weighted by atomic mass is 9.97. The molecule has 0 aromatic heterocycles. The zero-order valence-electron chi connectivity index (χ0n) is 18.9. The highest BCUT2D eigenvalue weighted by atomic mass is 19.1. The molecule has 2 aromatic rings. The fourth-order valence-electron chi connectivity index (χ4n) is 4.52. The molecule has 6 nitrogen and oxygen atoms in total. The third-order valence-corrected chi connectivity index (χ3v) is 6.42. The van der Waals surface area contributed by atoms with Gasteiger partial charge in [0.05, 0.1) is 32.5 Å². The summed E-state index contributed by atoms with van der Waals surface area (Å²) in [5.41, 5.74) is 2.44. The first-order valence-electron chi connectivity index (χ1n) is 11.1. The number of benzene rings is 2. The van der Waals surface area contributed by atoms with Gasteiger partial charge in [0.25, 0.3) is 5.91 Å². The first kappa shape index (κ1) is 22.3. The van der Waals surface area contributed by atoms with Gasteiger partial charge in [-0.3, -0.25) is 9.69 Å². The Kier molecular flexibility index (Phi) is 6.74. The molecule has 2 atom stereocenters. The molecule has 0 radical (unpaired) electrons. The topological polar surface area (TPSA) is 54.4 Å². The number of hydrogen-bond acceptors (Lipinski definition) is 5. The summed E-state index contributed by atoms with van der Waals surface area (Å²) >= 11 is 0. The van der Waals surface area contributed by atoms with Gasteiger partial charge in [-0.15, -0.1) is 0 Å². The molecule has 0 bridgehead atoms. The van der Waals surface area contributed by atoms with Crippen LogP contribution in [0.5, 0.6) is 11.5 Å². The Morgan fingerprint density at radius 1 is 1.12 bits per heavy atom. The van der Waals surface area contributed by atoms with E-state index in [4.69, 9.17) is 14.6 Å². The molecule has 0 spiro atoms. The van der Waals surface area contributed by atoms with E-state index >= 15 is 0 Å². The molecule has 1 saturated heterocycles. The predicted octanol–water partition coefficient (Wildman–Crippen LogP) is 4.40. The SMILES string of the molecule is COc1ccc(C2=NN(C(=O)CN3CCCCC3C)C(c3ccc(F)cc3)C2)c(OC)c1.